The number of imide groups is 1. The maximum atomic E-state index is 12.5. The number of nitrogens with zero attached hydrogens (tertiary/aromatic N) is 1. The minimum atomic E-state index is -0.267. The van der Waals surface area contributed by atoms with Gasteiger partial charge in [0.2, 0.25) is 0 Å². The van der Waals surface area contributed by atoms with E-state index in [-0.39, 0.29) is 11.8 Å². The molecule has 0 bridgehead atoms. The SMILES string of the molecule is COCCCN1C(=O)c2cccc3c(Cl)ccc(c23)C1=O. The lowest BCUT2D eigenvalue weighted by Gasteiger charge is -2.27. The van der Waals surface area contributed by atoms with E-state index in [2.05, 4.69) is 0 Å². The van der Waals surface area contributed by atoms with E-state index >= 15 is 0 Å². The van der Waals surface area contributed by atoms with Crippen LogP contribution in [0.25, 0.3) is 10.8 Å². The van der Waals surface area contributed by atoms with Crippen molar-refractivity contribution >= 4 is 34.2 Å². The number of halogens is 1. The van der Waals surface area contributed by atoms with Gasteiger partial charge in [0.15, 0.2) is 0 Å². The third-order valence-corrected chi connectivity index (χ3v) is 4.00. The molecule has 0 radical (unpaired) electrons. The summed E-state index contributed by atoms with van der Waals surface area (Å²) in [5.74, 6) is -0.534. The molecule has 0 aromatic heterocycles. The highest BCUT2D eigenvalue weighted by Gasteiger charge is 2.32. The van der Waals surface area contributed by atoms with Crippen LogP contribution in [0.4, 0.5) is 0 Å². The van der Waals surface area contributed by atoms with Crippen LogP contribution >= 0.6 is 11.6 Å². The molecule has 0 aliphatic carbocycles. The van der Waals surface area contributed by atoms with Crippen molar-refractivity contribution < 1.29 is 14.3 Å². The van der Waals surface area contributed by atoms with Crippen molar-refractivity contribution in [1.29, 1.82) is 0 Å². The van der Waals surface area contributed by atoms with Gasteiger partial charge in [0, 0.05) is 47.2 Å². The molecule has 4 nitrogen and oxygen atoms in total. The Morgan fingerprint density at radius 3 is 2.52 bits per heavy atom. The molecular weight excluding hydrogens is 290 g/mol. The Morgan fingerprint density at radius 2 is 1.81 bits per heavy atom. The Morgan fingerprint density at radius 1 is 1.10 bits per heavy atom. The number of carbonyl (C=O) groups excluding carboxylic acids is 2. The van der Waals surface area contributed by atoms with Crippen molar-refractivity contribution in [2.24, 2.45) is 0 Å². The van der Waals surface area contributed by atoms with Gasteiger partial charge < -0.3 is 4.74 Å². The summed E-state index contributed by atoms with van der Waals surface area (Å²) in [7, 11) is 1.60. The van der Waals surface area contributed by atoms with Crippen molar-refractivity contribution in [2.75, 3.05) is 20.3 Å². The first-order chi connectivity index (χ1) is 10.1. The van der Waals surface area contributed by atoms with Crippen LogP contribution in [0.3, 0.4) is 0 Å². The van der Waals surface area contributed by atoms with Gasteiger partial charge in [0.1, 0.15) is 0 Å². The zero-order chi connectivity index (χ0) is 15.0. The maximum Gasteiger partial charge on any atom is 0.261 e. The summed E-state index contributed by atoms with van der Waals surface area (Å²) in [4.78, 5) is 26.4. The monoisotopic (exact) mass is 303 g/mol. The molecule has 3 rings (SSSR count). The largest absolute Gasteiger partial charge is 0.385 e. The standard InChI is InChI=1S/C16H14ClNO3/c1-21-9-3-8-18-15(19)11-5-2-4-10-13(17)7-6-12(14(10)11)16(18)20/h2,4-7H,3,8-9H2,1H3. The molecule has 0 saturated heterocycles. The molecular formula is C16H14ClNO3. The second-order valence-electron chi connectivity index (χ2n) is 4.93. The van der Waals surface area contributed by atoms with Crippen molar-refractivity contribution in [2.45, 2.75) is 6.42 Å². The molecule has 0 unspecified atom stereocenters. The average molecular weight is 304 g/mol. The van der Waals surface area contributed by atoms with Crippen LogP contribution in [0.5, 0.6) is 0 Å². The second kappa shape index (κ2) is 5.47. The van der Waals surface area contributed by atoms with E-state index in [9.17, 15) is 9.59 Å². The lowest BCUT2D eigenvalue weighted by molar-refractivity contribution is 0.0595. The van der Waals surface area contributed by atoms with Crippen LogP contribution in [-0.4, -0.2) is 37.0 Å². The van der Waals surface area contributed by atoms with Crippen LogP contribution in [-0.2, 0) is 4.74 Å². The predicted molar refractivity (Wildman–Crippen MR) is 80.8 cm³/mol. The summed E-state index contributed by atoms with van der Waals surface area (Å²) in [6.07, 6.45) is 0.618. The highest BCUT2D eigenvalue weighted by atomic mass is 35.5. The van der Waals surface area contributed by atoms with Crippen LogP contribution in [0.1, 0.15) is 27.1 Å². The molecule has 1 heterocycles. The number of benzene rings is 2. The lowest BCUT2D eigenvalue weighted by atomic mass is 9.94. The first-order valence-corrected chi connectivity index (χ1v) is 7.09. The normalized spacial score (nSPS) is 14.1. The van der Waals surface area contributed by atoms with Crippen LogP contribution in [0.15, 0.2) is 30.3 Å². The predicted octanol–water partition coefficient (Wildman–Crippen LogP) is 3.13. The van der Waals surface area contributed by atoms with E-state index < -0.39 is 0 Å². The van der Waals surface area contributed by atoms with Gasteiger partial charge in [0.25, 0.3) is 11.8 Å². The third-order valence-electron chi connectivity index (χ3n) is 3.67. The summed E-state index contributed by atoms with van der Waals surface area (Å²) >= 11 is 6.16. The molecule has 0 spiro atoms. The fraction of sp³-hybridized carbons (Fsp3) is 0.250. The quantitative estimate of drug-likeness (QED) is 0.644. The van der Waals surface area contributed by atoms with Gasteiger partial charge in [-0.1, -0.05) is 23.7 Å². The minimum absolute atomic E-state index is 0.267. The smallest absolute Gasteiger partial charge is 0.261 e. The van der Waals surface area contributed by atoms with E-state index in [1.165, 1.54) is 4.90 Å². The molecule has 0 atom stereocenters. The van der Waals surface area contributed by atoms with E-state index in [0.29, 0.717) is 41.1 Å². The number of carbonyl (C=O) groups is 2. The van der Waals surface area contributed by atoms with E-state index in [1.54, 1.807) is 31.4 Å². The molecule has 1 aliphatic rings. The number of hydrogen-bond acceptors (Lipinski definition) is 3. The fourth-order valence-electron chi connectivity index (χ4n) is 2.68. The van der Waals surface area contributed by atoms with E-state index in [1.807, 2.05) is 6.07 Å². The zero-order valence-corrected chi connectivity index (χ0v) is 12.3. The van der Waals surface area contributed by atoms with E-state index in [0.717, 1.165) is 5.39 Å². The van der Waals surface area contributed by atoms with Crippen molar-refractivity contribution in [3.05, 3.63) is 46.5 Å². The Labute approximate surface area is 127 Å². The molecule has 108 valence electrons. The maximum absolute atomic E-state index is 12.5. The summed E-state index contributed by atoms with van der Waals surface area (Å²) in [6.45, 7) is 0.860. The van der Waals surface area contributed by atoms with Crippen molar-refractivity contribution in [3.63, 3.8) is 0 Å². The van der Waals surface area contributed by atoms with Gasteiger partial charge in [-0.3, -0.25) is 14.5 Å². The Hall–Kier alpha value is -1.91. The summed E-state index contributed by atoms with van der Waals surface area (Å²) in [5, 5.41) is 1.94. The summed E-state index contributed by atoms with van der Waals surface area (Å²) in [6, 6.07) is 8.73. The van der Waals surface area contributed by atoms with Gasteiger partial charge >= 0.3 is 0 Å². The second-order valence-corrected chi connectivity index (χ2v) is 5.34. The molecule has 1 aliphatic heterocycles. The van der Waals surface area contributed by atoms with Crippen LogP contribution in [0.2, 0.25) is 5.02 Å². The number of ether oxygens (including phenoxy) is 1. The van der Waals surface area contributed by atoms with Gasteiger partial charge in [0.05, 0.1) is 0 Å². The van der Waals surface area contributed by atoms with Gasteiger partial charge in [-0.25, -0.2) is 0 Å². The summed E-state index contributed by atoms with van der Waals surface area (Å²) in [5.41, 5.74) is 1.06. The molecule has 0 N–H and O–H groups in total. The molecule has 21 heavy (non-hydrogen) atoms. The Bertz CT molecular complexity index is 719. The van der Waals surface area contributed by atoms with Crippen molar-refractivity contribution in [3.8, 4) is 0 Å². The first-order valence-electron chi connectivity index (χ1n) is 6.71. The number of hydrogen-bond donors (Lipinski definition) is 0. The van der Waals surface area contributed by atoms with Gasteiger partial charge in [-0.2, -0.15) is 0 Å². The Kier molecular flexibility index (Phi) is 3.66. The molecule has 2 aromatic rings. The van der Waals surface area contributed by atoms with Crippen LogP contribution < -0.4 is 0 Å². The Balaban J connectivity index is 2.11. The molecule has 5 heteroatoms. The number of methoxy groups -OCH3 is 1. The zero-order valence-electron chi connectivity index (χ0n) is 11.6. The van der Waals surface area contributed by atoms with Crippen molar-refractivity contribution in [1.82, 2.24) is 4.90 Å². The first kappa shape index (κ1) is 14.0. The number of amides is 2. The number of rotatable bonds is 4. The van der Waals surface area contributed by atoms with Gasteiger partial charge in [-0.15, -0.1) is 0 Å². The third kappa shape index (κ3) is 2.20. The summed E-state index contributed by atoms with van der Waals surface area (Å²) < 4.78 is 4.98. The lowest BCUT2D eigenvalue weighted by Crippen LogP contribution is -2.41. The topological polar surface area (TPSA) is 46.6 Å². The highest BCUT2D eigenvalue weighted by Crippen LogP contribution is 2.34. The molecule has 0 saturated carbocycles. The molecule has 2 amide bonds. The van der Waals surface area contributed by atoms with Gasteiger partial charge in [-0.05, 0) is 24.6 Å². The average Bonchev–Trinajstić information content (AvgIpc) is 2.49. The minimum Gasteiger partial charge on any atom is -0.385 e. The molecule has 0 fully saturated rings. The molecule has 2 aromatic carbocycles. The van der Waals surface area contributed by atoms with E-state index in [4.69, 9.17) is 16.3 Å². The highest BCUT2D eigenvalue weighted by molar-refractivity contribution is 6.38. The van der Waals surface area contributed by atoms with Crippen LogP contribution in [0, 0.1) is 0 Å². The fourth-order valence-corrected chi connectivity index (χ4v) is 2.90.